The third-order valence-electron chi connectivity index (χ3n) is 11.2. The van der Waals surface area contributed by atoms with Crippen LogP contribution >= 0.6 is 11.6 Å². The van der Waals surface area contributed by atoms with Crippen molar-refractivity contribution in [2.75, 3.05) is 210 Å². The molecule has 516 valence electrons. The molecule has 0 amide bonds. The van der Waals surface area contributed by atoms with Crippen molar-refractivity contribution in [3.63, 3.8) is 0 Å². The normalized spacial score (nSPS) is 10.8. The second kappa shape index (κ2) is 59.5. The average molecular weight is 1300 g/mol. The number of carboxylic acid groups (broad SMARTS) is 1. The van der Waals surface area contributed by atoms with Crippen LogP contribution in [-0.4, -0.2) is 337 Å². The molecular weight excluding hydrogens is 1190 g/mol. The molecule has 0 aliphatic carbocycles. The Morgan fingerprint density at radius 1 is 0.386 bits per heavy atom. The number of quaternary nitrogens is 2. The molecule has 29 nitrogen and oxygen atoms in total. The lowest BCUT2D eigenvalue weighted by molar-refractivity contribution is -0.923. The minimum Gasteiger partial charge on any atom is -0.544 e. The molecule has 0 atom stereocenters. The zero-order chi connectivity index (χ0) is 69.3. The smallest absolute Gasteiger partial charge is 0.362 e. The number of hydrogen-bond acceptors (Lipinski definition) is 27. The average Bonchev–Trinajstić information content (AvgIpc) is 3.41. The van der Waals surface area contributed by atoms with Crippen LogP contribution < -0.4 is 5.11 Å². The van der Waals surface area contributed by atoms with Gasteiger partial charge in [0.25, 0.3) is 0 Å². The molecule has 0 heterocycles. The van der Waals surface area contributed by atoms with E-state index in [1.54, 1.807) is 53.4 Å². The first-order valence-electron chi connectivity index (χ1n) is 28.3. The number of nitrogens with zero attached hydrogens (tertiary/aromatic N) is 5. The lowest BCUT2D eigenvalue weighted by atomic mass is 10.2. The fourth-order valence-electron chi connectivity index (χ4n) is 6.60. The summed E-state index contributed by atoms with van der Waals surface area (Å²) < 4.78 is 25.0. The predicted molar refractivity (Wildman–Crippen MR) is 326 cm³/mol. The summed E-state index contributed by atoms with van der Waals surface area (Å²) in [6, 6.07) is 0. The number of hydrogen-bond donors (Lipinski definition) is 11. The van der Waals surface area contributed by atoms with Crippen LogP contribution in [0.5, 0.6) is 0 Å². The minimum atomic E-state index is -1.28. The van der Waals surface area contributed by atoms with Crippen molar-refractivity contribution < 1.29 is 127 Å². The van der Waals surface area contributed by atoms with Gasteiger partial charge in [0.15, 0.2) is 6.54 Å². The molecule has 0 bridgehead atoms. The van der Waals surface area contributed by atoms with Crippen LogP contribution in [0.4, 0.5) is 0 Å². The van der Waals surface area contributed by atoms with Crippen LogP contribution in [-0.2, 0) is 57.2 Å². The number of aliphatic hydroxyl groups is 11. The van der Waals surface area contributed by atoms with E-state index in [9.17, 15) is 48.9 Å². The van der Waals surface area contributed by atoms with Gasteiger partial charge in [-0.15, -0.1) is 0 Å². The Morgan fingerprint density at radius 2 is 0.614 bits per heavy atom. The van der Waals surface area contributed by atoms with E-state index in [1.165, 1.54) is 6.92 Å². The van der Waals surface area contributed by atoms with Crippen molar-refractivity contribution in [3.05, 3.63) is 60.8 Å². The van der Waals surface area contributed by atoms with Gasteiger partial charge in [0.2, 0.25) is 5.24 Å². The number of carbonyl (C=O) groups is 7. The summed E-state index contributed by atoms with van der Waals surface area (Å²) >= 11 is 4.87. The highest BCUT2D eigenvalue weighted by Crippen LogP contribution is 2.13. The Balaban J connectivity index is -0.000000238. The van der Waals surface area contributed by atoms with E-state index >= 15 is 0 Å². The Labute approximate surface area is 525 Å². The van der Waals surface area contributed by atoms with Crippen molar-refractivity contribution in [3.8, 4) is 0 Å². The van der Waals surface area contributed by atoms with Gasteiger partial charge < -0.3 is 98.7 Å². The monoisotopic (exact) mass is 1290 g/mol. The summed E-state index contributed by atoms with van der Waals surface area (Å²) in [6.07, 6.45) is 0. The zero-order valence-corrected chi connectivity index (χ0v) is 54.3. The zero-order valence-electron chi connectivity index (χ0n) is 53.5. The van der Waals surface area contributed by atoms with Crippen LogP contribution in [0.2, 0.25) is 0 Å². The number of carboxylic acids is 1. The third-order valence-corrected chi connectivity index (χ3v) is 11.5. The van der Waals surface area contributed by atoms with Gasteiger partial charge in [-0.1, -0.05) is 32.9 Å². The maximum Gasteiger partial charge on any atom is 0.362 e. The Morgan fingerprint density at radius 3 is 0.807 bits per heavy atom. The highest BCUT2D eigenvalue weighted by molar-refractivity contribution is 6.67. The van der Waals surface area contributed by atoms with Gasteiger partial charge in [-0.3, -0.25) is 19.5 Å². The van der Waals surface area contributed by atoms with Gasteiger partial charge in [0.1, 0.15) is 77.8 Å². The van der Waals surface area contributed by atoms with Crippen molar-refractivity contribution in [2.45, 2.75) is 61.0 Å². The Kier molecular flexibility index (Phi) is 63.5. The summed E-state index contributed by atoms with van der Waals surface area (Å²) in [5.74, 6) is -3.60. The second-order valence-corrected chi connectivity index (χ2v) is 20.8. The van der Waals surface area contributed by atoms with E-state index in [2.05, 4.69) is 32.9 Å². The van der Waals surface area contributed by atoms with Gasteiger partial charge in [-0.2, -0.15) is 0 Å². The lowest BCUT2D eigenvalue weighted by Crippen LogP contribution is -2.58. The summed E-state index contributed by atoms with van der Waals surface area (Å²) in [7, 11) is 0. The topological polar surface area (TPSA) is 421 Å². The molecule has 0 aliphatic rings. The van der Waals surface area contributed by atoms with Crippen molar-refractivity contribution >= 4 is 52.7 Å². The molecule has 0 rings (SSSR count). The van der Waals surface area contributed by atoms with Gasteiger partial charge >= 0.3 is 29.8 Å². The summed E-state index contributed by atoms with van der Waals surface area (Å²) in [5, 5.41) is 107. The quantitative estimate of drug-likeness (QED) is 0.00920. The molecule has 11 N–H and O–H groups in total. The first-order chi connectivity index (χ1) is 41.1. The molecule has 88 heavy (non-hydrogen) atoms. The molecule has 0 radical (unpaired) electrons. The maximum atomic E-state index is 12.1. The Bertz CT molecular complexity index is 1880. The van der Waals surface area contributed by atoms with Crippen LogP contribution in [0.25, 0.3) is 0 Å². The maximum absolute atomic E-state index is 12.1. The predicted octanol–water partition coefficient (Wildman–Crippen LogP) is -3.72. The highest BCUT2D eigenvalue weighted by atomic mass is 35.5. The molecule has 0 saturated heterocycles. The van der Waals surface area contributed by atoms with Gasteiger partial charge in [0, 0.05) is 86.8 Å². The number of halogens is 1. The van der Waals surface area contributed by atoms with E-state index in [0.29, 0.717) is 87.7 Å². The van der Waals surface area contributed by atoms with E-state index in [-0.39, 0.29) is 159 Å². The van der Waals surface area contributed by atoms with Crippen molar-refractivity contribution in [2.24, 2.45) is 0 Å². The molecule has 0 aromatic heterocycles. The van der Waals surface area contributed by atoms with E-state index in [1.807, 2.05) is 9.80 Å². The van der Waals surface area contributed by atoms with Crippen LogP contribution in [0.3, 0.4) is 0 Å². The molecule has 0 aromatic rings. The number of ether oxygens (including phenoxy) is 5. The Hall–Kier alpha value is -5.16. The standard InChI is InChI=1S/C16H30NO6.C12H21NO6.2C10H19NO4.C6H15NO3.C4H5ClO/c1-13(2)15(21)22-11-8-17(6-9-18,7-10-19)12-14(20)23-16(3,4)5;1-10(2)12(18)19-8-5-13(3-6-14,4-7-15)9-11(16)17;2*1-9(2)10(14)15-8-5-11(3-6-12)4-7-13;8-4-1-7(2-5-9)3-6-10;1-3(2)4(5)6/h18-19H,1,6-12H2,2-5H3;14-15H,1,3-9H2,2H3;2*12-13H,1,3-8H2,2H3;8-10H,1-6H2;1H2,2H3/q+1;;;;;. The summed E-state index contributed by atoms with van der Waals surface area (Å²) in [5.41, 5.74) is 1.05. The van der Waals surface area contributed by atoms with Gasteiger partial charge in [-0.05, 0) is 67.0 Å². The van der Waals surface area contributed by atoms with Crippen LogP contribution in [0.15, 0.2) is 60.8 Å². The molecule has 0 saturated carbocycles. The summed E-state index contributed by atoms with van der Waals surface area (Å²) in [4.78, 5) is 82.7. The number of allylic oxidation sites excluding steroid dienone is 1. The van der Waals surface area contributed by atoms with E-state index in [0.717, 1.165) is 0 Å². The molecule has 0 fully saturated rings. The summed E-state index contributed by atoms with van der Waals surface area (Å²) in [6.45, 7) is 35.5. The first kappa shape index (κ1) is 94.0. The number of esters is 5. The largest absolute Gasteiger partial charge is 0.544 e. The highest BCUT2D eigenvalue weighted by Gasteiger charge is 2.33. The minimum absolute atomic E-state index is 0.0109. The number of carbonyl (C=O) groups excluding carboxylic acids is 7. The molecule has 0 unspecified atom stereocenters. The fourth-order valence-corrected chi connectivity index (χ4v) is 6.60. The molecular formula is C58H109ClN5O24+. The second-order valence-electron chi connectivity index (χ2n) is 20.5. The fraction of sp³-hybridized carbons (Fsp3) is 0.707. The molecule has 0 aliphatic heterocycles. The number of aliphatic hydroxyl groups excluding tert-OH is 11. The number of rotatable bonds is 43. The van der Waals surface area contributed by atoms with Gasteiger partial charge in [-0.25, -0.2) is 24.0 Å². The first-order valence-corrected chi connectivity index (χ1v) is 28.7. The third kappa shape index (κ3) is 59.8. The molecule has 0 spiro atoms. The van der Waals surface area contributed by atoms with E-state index in [4.69, 9.17) is 81.2 Å². The molecule has 30 heteroatoms. The molecule has 0 aromatic carbocycles. The number of aliphatic carboxylic acids is 1. The lowest BCUT2D eigenvalue weighted by Gasteiger charge is -2.37. The van der Waals surface area contributed by atoms with Crippen LogP contribution in [0.1, 0.15) is 55.4 Å². The van der Waals surface area contributed by atoms with Gasteiger partial charge in [0.05, 0.1) is 78.6 Å². The van der Waals surface area contributed by atoms with Crippen molar-refractivity contribution in [1.29, 1.82) is 0 Å². The SMILES string of the molecule is C=C(C)C(=O)Cl.C=C(C)C(=O)OCCN(CCO)CCO.C=C(C)C(=O)OCCN(CCO)CCO.C=C(C)C(=O)OCC[N+](CCO)(CCO)CC(=O)OC(C)(C)C.C=C(C)C(=O)OCC[N+](CCO)(CCO)CC(=O)[O-].OCCN(CCO)CCO. The van der Waals surface area contributed by atoms with Crippen LogP contribution in [0, 0.1) is 0 Å². The van der Waals surface area contributed by atoms with E-state index < -0.39 is 46.7 Å². The van der Waals surface area contributed by atoms with Crippen molar-refractivity contribution in [1.82, 2.24) is 14.7 Å².